The van der Waals surface area contributed by atoms with Crippen LogP contribution in [0.25, 0.3) is 5.69 Å². The van der Waals surface area contributed by atoms with Crippen LogP contribution in [-0.4, -0.2) is 0 Å². The lowest BCUT2D eigenvalue weighted by Crippen LogP contribution is -2.30. The van der Waals surface area contributed by atoms with E-state index in [1.165, 1.54) is 211 Å². The van der Waals surface area contributed by atoms with E-state index in [0.717, 1.165) is 0 Å². The zero-order valence-electron chi connectivity index (χ0n) is 31.2. The summed E-state index contributed by atoms with van der Waals surface area (Å²) < 4.78 is 2.34. The molecule has 0 radical (unpaired) electrons. The van der Waals surface area contributed by atoms with Gasteiger partial charge < -0.3 is 0 Å². The van der Waals surface area contributed by atoms with Crippen LogP contribution in [-0.2, 0) is 12.8 Å². The molecule has 1 nitrogen and oxygen atoms in total. The van der Waals surface area contributed by atoms with Crippen molar-refractivity contribution in [1.29, 1.82) is 0 Å². The second-order valence-corrected chi connectivity index (χ2v) is 14.6. The van der Waals surface area contributed by atoms with E-state index in [-0.39, 0.29) is 0 Å². The second-order valence-electron chi connectivity index (χ2n) is 14.6. The van der Waals surface area contributed by atoms with Gasteiger partial charge in [0.1, 0.15) is 0 Å². The molecule has 0 unspecified atom stereocenters. The molecule has 1 heterocycles. The van der Waals surface area contributed by atoms with Gasteiger partial charge >= 0.3 is 0 Å². The molecule has 0 fully saturated rings. The molecule has 0 aliphatic heterocycles. The standard InChI is InChI=1S/C45H78N/c1-3-5-7-9-11-13-15-17-19-21-23-25-27-29-32-36-43-40-41-46(45-38-34-31-35-39-45)42-44(43)37-33-30-28-26-24-22-20-18-16-14-12-10-8-6-4-2/h31,34-35,38-42H,3-30,32-33,36-37H2,1-2H3/q+1. The molecule has 0 N–H and O–H groups in total. The van der Waals surface area contributed by atoms with Crippen LogP contribution in [0.2, 0.25) is 0 Å². The fourth-order valence-corrected chi connectivity index (χ4v) is 7.17. The Morgan fingerprint density at radius 2 is 0.674 bits per heavy atom. The molecule has 1 heteroatoms. The summed E-state index contributed by atoms with van der Waals surface area (Å²) in [5.74, 6) is 0. The average molecular weight is 633 g/mol. The van der Waals surface area contributed by atoms with E-state index in [2.05, 4.69) is 67.2 Å². The van der Waals surface area contributed by atoms with Gasteiger partial charge in [0.2, 0.25) is 5.69 Å². The summed E-state index contributed by atoms with van der Waals surface area (Å²) in [6.45, 7) is 4.62. The van der Waals surface area contributed by atoms with Crippen LogP contribution in [0.15, 0.2) is 48.8 Å². The number of rotatable bonds is 33. The predicted molar refractivity (Wildman–Crippen MR) is 205 cm³/mol. The smallest absolute Gasteiger partial charge is 0.167 e. The zero-order chi connectivity index (χ0) is 32.6. The van der Waals surface area contributed by atoms with Gasteiger partial charge in [-0.1, -0.05) is 212 Å². The van der Waals surface area contributed by atoms with Crippen LogP contribution < -0.4 is 4.57 Å². The summed E-state index contributed by atoms with van der Waals surface area (Å²) in [4.78, 5) is 0. The van der Waals surface area contributed by atoms with E-state index in [0.29, 0.717) is 0 Å². The second kappa shape index (κ2) is 30.7. The fraction of sp³-hybridized carbons (Fsp3) is 0.756. The van der Waals surface area contributed by atoms with Crippen molar-refractivity contribution in [3.8, 4) is 5.69 Å². The van der Waals surface area contributed by atoms with Crippen LogP contribution in [0.3, 0.4) is 0 Å². The normalized spacial score (nSPS) is 11.4. The third-order valence-corrected chi connectivity index (χ3v) is 10.3. The number of nitrogens with zero attached hydrogens (tertiary/aromatic N) is 1. The Bertz CT molecular complexity index is 902. The van der Waals surface area contributed by atoms with Gasteiger partial charge in [0.15, 0.2) is 12.4 Å². The molecule has 0 spiro atoms. The summed E-state index contributed by atoms with van der Waals surface area (Å²) >= 11 is 0. The topological polar surface area (TPSA) is 3.88 Å². The molecule has 2 rings (SSSR count). The first-order valence-electron chi connectivity index (χ1n) is 20.9. The third-order valence-electron chi connectivity index (χ3n) is 10.3. The maximum absolute atomic E-state index is 2.44. The van der Waals surface area contributed by atoms with Crippen molar-refractivity contribution in [2.75, 3.05) is 0 Å². The van der Waals surface area contributed by atoms with E-state index in [9.17, 15) is 0 Å². The highest BCUT2D eigenvalue weighted by Crippen LogP contribution is 2.19. The van der Waals surface area contributed by atoms with Crippen molar-refractivity contribution in [3.05, 3.63) is 59.9 Å². The Hall–Kier alpha value is -1.63. The van der Waals surface area contributed by atoms with Gasteiger partial charge in [0, 0.05) is 23.8 Å². The third kappa shape index (κ3) is 22.0. The highest BCUT2D eigenvalue weighted by Gasteiger charge is 2.12. The summed E-state index contributed by atoms with van der Waals surface area (Å²) in [6.07, 6.45) is 50.3. The van der Waals surface area contributed by atoms with Crippen LogP contribution in [0, 0.1) is 0 Å². The molecule has 46 heavy (non-hydrogen) atoms. The van der Waals surface area contributed by atoms with Gasteiger partial charge in [0.05, 0.1) is 0 Å². The van der Waals surface area contributed by atoms with Gasteiger partial charge in [0.25, 0.3) is 0 Å². The number of pyridine rings is 1. The maximum Gasteiger partial charge on any atom is 0.210 e. The summed E-state index contributed by atoms with van der Waals surface area (Å²) in [6, 6.07) is 13.3. The van der Waals surface area contributed by atoms with Gasteiger partial charge in [-0.25, -0.2) is 0 Å². The molecule has 0 saturated carbocycles. The van der Waals surface area contributed by atoms with Gasteiger partial charge in [-0.05, 0) is 31.2 Å². The van der Waals surface area contributed by atoms with Crippen molar-refractivity contribution in [2.45, 2.75) is 219 Å². The molecule has 1 aromatic heterocycles. The van der Waals surface area contributed by atoms with E-state index in [1.54, 1.807) is 11.1 Å². The first-order valence-corrected chi connectivity index (χ1v) is 20.9. The van der Waals surface area contributed by atoms with E-state index >= 15 is 0 Å². The minimum absolute atomic E-state index is 1.24. The van der Waals surface area contributed by atoms with Crippen molar-refractivity contribution in [1.82, 2.24) is 0 Å². The molecular formula is C45H78N+. The molecule has 0 amide bonds. The SMILES string of the molecule is CCCCCCCCCCCCCCCCCc1cc[n+](-c2ccccc2)cc1CCCCCCCCCCCCCCCCC. The van der Waals surface area contributed by atoms with Crippen molar-refractivity contribution >= 4 is 0 Å². The minimum Gasteiger partial charge on any atom is -0.167 e. The van der Waals surface area contributed by atoms with Gasteiger partial charge in [-0.15, -0.1) is 0 Å². The lowest BCUT2D eigenvalue weighted by Gasteiger charge is -2.09. The van der Waals surface area contributed by atoms with Crippen LogP contribution in [0.5, 0.6) is 0 Å². The monoisotopic (exact) mass is 633 g/mol. The highest BCUT2D eigenvalue weighted by molar-refractivity contribution is 5.26. The van der Waals surface area contributed by atoms with Gasteiger partial charge in [-0.2, -0.15) is 4.57 Å². The lowest BCUT2D eigenvalue weighted by molar-refractivity contribution is -0.596. The molecule has 0 bridgehead atoms. The zero-order valence-corrected chi connectivity index (χ0v) is 31.2. The number of hydrogen-bond donors (Lipinski definition) is 0. The number of unbranched alkanes of at least 4 members (excludes halogenated alkanes) is 28. The predicted octanol–water partition coefficient (Wildman–Crippen LogP) is 14.8. The Labute approximate surface area is 288 Å². The number of hydrogen-bond acceptors (Lipinski definition) is 0. The van der Waals surface area contributed by atoms with Crippen molar-refractivity contribution in [3.63, 3.8) is 0 Å². The largest absolute Gasteiger partial charge is 0.210 e. The number of aromatic nitrogens is 1. The van der Waals surface area contributed by atoms with Gasteiger partial charge in [-0.3, -0.25) is 0 Å². The highest BCUT2D eigenvalue weighted by atomic mass is 14.9. The Kier molecular flexibility index (Phi) is 27.0. The summed E-state index contributed by atoms with van der Waals surface area (Å²) in [5.41, 5.74) is 4.47. The van der Waals surface area contributed by atoms with Crippen LogP contribution in [0.4, 0.5) is 0 Å². The van der Waals surface area contributed by atoms with Crippen LogP contribution in [0.1, 0.15) is 218 Å². The van der Waals surface area contributed by atoms with E-state index in [4.69, 9.17) is 0 Å². The maximum atomic E-state index is 2.44. The molecule has 0 aliphatic carbocycles. The summed E-state index contributed by atoms with van der Waals surface area (Å²) in [5, 5.41) is 0. The fourth-order valence-electron chi connectivity index (χ4n) is 7.17. The average Bonchev–Trinajstić information content (AvgIpc) is 3.09. The summed E-state index contributed by atoms with van der Waals surface area (Å²) in [7, 11) is 0. The van der Waals surface area contributed by atoms with E-state index < -0.39 is 0 Å². The molecular weight excluding hydrogens is 555 g/mol. The number of benzene rings is 1. The van der Waals surface area contributed by atoms with Crippen LogP contribution >= 0.6 is 0 Å². The minimum atomic E-state index is 1.24. The molecule has 0 saturated heterocycles. The molecule has 1 aromatic carbocycles. The number of para-hydroxylation sites is 1. The Balaban J connectivity index is 1.57. The lowest BCUT2D eigenvalue weighted by atomic mass is 9.97. The van der Waals surface area contributed by atoms with E-state index in [1.807, 2.05) is 0 Å². The molecule has 2 aromatic rings. The Morgan fingerprint density at radius 3 is 1.04 bits per heavy atom. The number of aryl methyl sites for hydroxylation is 2. The van der Waals surface area contributed by atoms with Crippen molar-refractivity contribution < 1.29 is 4.57 Å². The molecule has 262 valence electrons. The Morgan fingerprint density at radius 1 is 0.348 bits per heavy atom. The first kappa shape index (κ1) is 40.5. The molecule has 0 atom stereocenters. The first-order chi connectivity index (χ1) is 22.8. The molecule has 0 aliphatic rings. The quantitative estimate of drug-likeness (QED) is 0.0544. The van der Waals surface area contributed by atoms with Crippen molar-refractivity contribution in [2.24, 2.45) is 0 Å².